The molecule has 0 aromatic heterocycles. The number of benzene rings is 2. The Morgan fingerprint density at radius 3 is 2.43 bits per heavy atom. The average Bonchev–Trinajstić information content (AvgIpc) is 2.76. The third-order valence-electron chi connectivity index (χ3n) is 4.46. The van der Waals surface area contributed by atoms with Crippen LogP contribution in [-0.2, 0) is 19.1 Å². The van der Waals surface area contributed by atoms with Crippen molar-refractivity contribution in [2.45, 2.75) is 13.0 Å². The molecule has 30 heavy (non-hydrogen) atoms. The maximum Gasteiger partial charge on any atom is 0.331 e. The van der Waals surface area contributed by atoms with Crippen LogP contribution in [0.2, 0.25) is 0 Å². The maximum atomic E-state index is 12.8. The summed E-state index contributed by atoms with van der Waals surface area (Å²) in [6, 6.07) is 12.1. The molecule has 2 aromatic rings. The van der Waals surface area contributed by atoms with Crippen molar-refractivity contribution in [2.75, 3.05) is 31.0 Å². The van der Waals surface area contributed by atoms with Gasteiger partial charge in [-0.1, -0.05) is 12.1 Å². The molecule has 0 bridgehead atoms. The van der Waals surface area contributed by atoms with E-state index in [0.29, 0.717) is 28.4 Å². The highest BCUT2D eigenvalue weighted by Crippen LogP contribution is 2.29. The zero-order chi connectivity index (χ0) is 21.7. The first-order valence-corrected chi connectivity index (χ1v) is 9.23. The van der Waals surface area contributed by atoms with E-state index in [-0.39, 0.29) is 12.5 Å². The Balaban J connectivity index is 1.68. The van der Waals surface area contributed by atoms with Crippen LogP contribution >= 0.6 is 0 Å². The molecule has 1 N–H and O–H groups in total. The standard InChI is InChI=1S/C22H22N2O6/c1-14(22(27)24-13-20(25)23-18-6-4-5-7-19(18)24)30-21(26)9-8-15-10-16(28-2)12-17(11-15)29-3/h4-12,14H,13H2,1-3H3,(H,23,25)/b9-8+/t14-/m0/s1. The van der Waals surface area contributed by atoms with Gasteiger partial charge in [0, 0.05) is 12.1 Å². The molecular weight excluding hydrogens is 388 g/mol. The van der Waals surface area contributed by atoms with Crippen LogP contribution in [0.5, 0.6) is 11.5 Å². The molecule has 1 aliphatic heterocycles. The molecule has 0 saturated carbocycles. The number of para-hydroxylation sites is 2. The third kappa shape index (κ3) is 4.78. The quantitative estimate of drug-likeness (QED) is 0.581. The van der Waals surface area contributed by atoms with Gasteiger partial charge in [0.2, 0.25) is 5.91 Å². The van der Waals surface area contributed by atoms with Crippen molar-refractivity contribution >= 4 is 35.2 Å². The summed E-state index contributed by atoms with van der Waals surface area (Å²) in [4.78, 5) is 38.2. The number of carbonyl (C=O) groups excluding carboxylic acids is 3. The highest BCUT2D eigenvalue weighted by molar-refractivity contribution is 6.11. The molecular formula is C22H22N2O6. The molecule has 1 aliphatic rings. The maximum absolute atomic E-state index is 12.8. The van der Waals surface area contributed by atoms with Gasteiger partial charge in [-0.15, -0.1) is 0 Å². The number of ether oxygens (including phenoxy) is 3. The Hall–Kier alpha value is -3.81. The van der Waals surface area contributed by atoms with E-state index in [2.05, 4.69) is 5.32 Å². The molecule has 0 saturated heterocycles. The molecule has 8 nitrogen and oxygen atoms in total. The first kappa shape index (κ1) is 20.9. The fourth-order valence-electron chi connectivity index (χ4n) is 3.00. The van der Waals surface area contributed by atoms with E-state index in [4.69, 9.17) is 14.2 Å². The normalized spacial score (nSPS) is 14.0. The van der Waals surface area contributed by atoms with E-state index >= 15 is 0 Å². The van der Waals surface area contributed by atoms with E-state index in [0.717, 1.165) is 0 Å². The van der Waals surface area contributed by atoms with Crippen LogP contribution in [0.25, 0.3) is 6.08 Å². The van der Waals surface area contributed by atoms with Crippen LogP contribution in [0.3, 0.4) is 0 Å². The molecule has 0 unspecified atom stereocenters. The zero-order valence-corrected chi connectivity index (χ0v) is 16.9. The van der Waals surface area contributed by atoms with Crippen LogP contribution < -0.4 is 19.7 Å². The highest BCUT2D eigenvalue weighted by Gasteiger charge is 2.31. The molecule has 8 heteroatoms. The van der Waals surface area contributed by atoms with Crippen molar-refractivity contribution in [3.63, 3.8) is 0 Å². The fraction of sp³-hybridized carbons (Fsp3) is 0.227. The van der Waals surface area contributed by atoms with E-state index in [1.165, 1.54) is 38.2 Å². The van der Waals surface area contributed by atoms with Crippen molar-refractivity contribution in [1.29, 1.82) is 0 Å². The van der Waals surface area contributed by atoms with E-state index in [9.17, 15) is 14.4 Å². The predicted octanol–water partition coefficient (Wildman–Crippen LogP) is 2.63. The van der Waals surface area contributed by atoms with Gasteiger partial charge in [0.1, 0.15) is 18.0 Å². The SMILES string of the molecule is COc1cc(/C=C/C(=O)O[C@@H](C)C(=O)N2CC(=O)Nc3ccccc32)cc(OC)c1. The van der Waals surface area contributed by atoms with Gasteiger partial charge in [0.05, 0.1) is 25.6 Å². The summed E-state index contributed by atoms with van der Waals surface area (Å²) in [7, 11) is 3.06. The summed E-state index contributed by atoms with van der Waals surface area (Å²) in [6.07, 6.45) is 1.68. The number of nitrogens with one attached hydrogen (secondary N) is 1. The van der Waals surface area contributed by atoms with Crippen LogP contribution in [-0.4, -0.2) is 44.7 Å². The molecule has 0 radical (unpaired) electrons. The minimum absolute atomic E-state index is 0.142. The average molecular weight is 410 g/mol. The Bertz CT molecular complexity index is 979. The van der Waals surface area contributed by atoms with Crippen molar-refractivity contribution in [3.8, 4) is 11.5 Å². The minimum atomic E-state index is -1.07. The topological polar surface area (TPSA) is 94.2 Å². The second-order valence-electron chi connectivity index (χ2n) is 6.55. The molecule has 2 amide bonds. The Kier molecular flexibility index (Phi) is 6.36. The van der Waals surface area contributed by atoms with Crippen molar-refractivity contribution in [2.24, 2.45) is 0 Å². The number of amides is 2. The first-order chi connectivity index (χ1) is 14.4. The van der Waals surface area contributed by atoms with Gasteiger partial charge in [-0.3, -0.25) is 14.5 Å². The van der Waals surface area contributed by atoms with E-state index in [1.807, 2.05) is 0 Å². The lowest BCUT2D eigenvalue weighted by Crippen LogP contribution is -2.46. The molecule has 3 rings (SSSR count). The summed E-state index contributed by atoms with van der Waals surface area (Å²) >= 11 is 0. The van der Waals surface area contributed by atoms with Crippen molar-refractivity contribution < 1.29 is 28.6 Å². The Morgan fingerprint density at radius 2 is 1.77 bits per heavy atom. The largest absolute Gasteiger partial charge is 0.497 e. The number of rotatable bonds is 6. The number of fused-ring (bicyclic) bond motifs is 1. The molecule has 0 spiro atoms. The lowest BCUT2D eigenvalue weighted by molar-refractivity contribution is -0.149. The number of nitrogens with zero attached hydrogens (tertiary/aromatic N) is 1. The van der Waals surface area contributed by atoms with Gasteiger partial charge in [0.25, 0.3) is 5.91 Å². The number of methoxy groups -OCH3 is 2. The van der Waals surface area contributed by atoms with Gasteiger partial charge >= 0.3 is 5.97 Å². The van der Waals surface area contributed by atoms with Crippen LogP contribution in [0, 0.1) is 0 Å². The molecule has 0 fully saturated rings. The summed E-state index contributed by atoms with van der Waals surface area (Å²) in [5.41, 5.74) is 1.76. The molecule has 1 atom stereocenters. The second kappa shape index (κ2) is 9.13. The summed E-state index contributed by atoms with van der Waals surface area (Å²) in [6.45, 7) is 1.33. The van der Waals surface area contributed by atoms with Gasteiger partial charge in [0.15, 0.2) is 6.10 Å². The molecule has 2 aromatic carbocycles. The lowest BCUT2D eigenvalue weighted by atomic mass is 10.1. The van der Waals surface area contributed by atoms with Crippen LogP contribution in [0.1, 0.15) is 12.5 Å². The minimum Gasteiger partial charge on any atom is -0.497 e. The molecule has 1 heterocycles. The second-order valence-corrected chi connectivity index (χ2v) is 6.55. The lowest BCUT2D eigenvalue weighted by Gasteiger charge is -2.30. The summed E-state index contributed by atoms with van der Waals surface area (Å²) in [5.74, 6) is -0.331. The van der Waals surface area contributed by atoms with Gasteiger partial charge in [-0.25, -0.2) is 4.79 Å². The predicted molar refractivity (Wildman–Crippen MR) is 112 cm³/mol. The number of hydrogen-bond donors (Lipinski definition) is 1. The van der Waals surface area contributed by atoms with Crippen LogP contribution in [0.15, 0.2) is 48.5 Å². The number of esters is 1. The van der Waals surface area contributed by atoms with Gasteiger partial charge < -0.3 is 19.5 Å². The van der Waals surface area contributed by atoms with E-state index in [1.54, 1.807) is 42.5 Å². The number of anilines is 2. The third-order valence-corrected chi connectivity index (χ3v) is 4.46. The highest BCUT2D eigenvalue weighted by atomic mass is 16.5. The zero-order valence-electron chi connectivity index (χ0n) is 16.9. The van der Waals surface area contributed by atoms with Gasteiger partial charge in [-0.05, 0) is 42.8 Å². The van der Waals surface area contributed by atoms with Crippen molar-refractivity contribution in [3.05, 3.63) is 54.1 Å². The smallest absolute Gasteiger partial charge is 0.331 e. The summed E-state index contributed by atoms with van der Waals surface area (Å²) in [5, 5.41) is 2.71. The van der Waals surface area contributed by atoms with Crippen molar-refractivity contribution in [1.82, 2.24) is 0 Å². The Morgan fingerprint density at radius 1 is 1.10 bits per heavy atom. The van der Waals surface area contributed by atoms with Crippen LogP contribution in [0.4, 0.5) is 11.4 Å². The number of hydrogen-bond acceptors (Lipinski definition) is 6. The monoisotopic (exact) mass is 410 g/mol. The molecule has 0 aliphatic carbocycles. The fourth-order valence-corrected chi connectivity index (χ4v) is 3.00. The van der Waals surface area contributed by atoms with Gasteiger partial charge in [-0.2, -0.15) is 0 Å². The first-order valence-electron chi connectivity index (χ1n) is 9.23. The summed E-state index contributed by atoms with van der Waals surface area (Å²) < 4.78 is 15.6. The number of carbonyl (C=O) groups is 3. The Labute approximate surface area is 174 Å². The van der Waals surface area contributed by atoms with E-state index < -0.39 is 18.0 Å². The molecule has 156 valence electrons.